The third kappa shape index (κ3) is 3.27. The van der Waals surface area contributed by atoms with Crippen molar-refractivity contribution in [3.63, 3.8) is 0 Å². The minimum atomic E-state index is -0.0786. The maximum absolute atomic E-state index is 8.63. The first-order valence-corrected chi connectivity index (χ1v) is 6.58. The molecule has 1 aromatic rings. The van der Waals surface area contributed by atoms with Gasteiger partial charge in [-0.25, -0.2) is 0 Å². The molecule has 0 saturated heterocycles. The van der Waals surface area contributed by atoms with Crippen LogP contribution >= 0.6 is 0 Å². The first-order valence-electron chi connectivity index (χ1n) is 6.58. The molecule has 1 aromatic carbocycles. The molecule has 1 rings (SSSR count). The van der Waals surface area contributed by atoms with Crippen LogP contribution in [0, 0.1) is 32.1 Å². The van der Waals surface area contributed by atoms with Gasteiger partial charge in [0, 0.05) is 17.5 Å². The van der Waals surface area contributed by atoms with Crippen LogP contribution in [-0.4, -0.2) is 20.2 Å². The molecule has 0 fully saturated rings. The molecule has 0 unspecified atom stereocenters. The van der Waals surface area contributed by atoms with E-state index in [1.165, 1.54) is 22.3 Å². The zero-order chi connectivity index (χ0) is 14.6. The summed E-state index contributed by atoms with van der Waals surface area (Å²) in [6, 6.07) is 4.32. The van der Waals surface area contributed by atoms with Crippen molar-refractivity contribution in [3.05, 3.63) is 28.3 Å². The van der Waals surface area contributed by atoms with E-state index in [9.17, 15) is 0 Å². The van der Waals surface area contributed by atoms with E-state index in [0.29, 0.717) is 6.54 Å². The fourth-order valence-corrected chi connectivity index (χ4v) is 2.67. The molecule has 0 aliphatic carbocycles. The SMILES string of the molecule is COc1c(C)c(C)cc(C)c1C(C)(C)CNCC#N. The molecular weight excluding hydrogens is 236 g/mol. The number of aryl methyl sites for hydroxylation is 2. The highest BCUT2D eigenvalue weighted by atomic mass is 16.5. The summed E-state index contributed by atoms with van der Waals surface area (Å²) in [6.45, 7) is 11.8. The highest BCUT2D eigenvalue weighted by molar-refractivity contribution is 5.53. The summed E-state index contributed by atoms with van der Waals surface area (Å²) in [5, 5.41) is 11.8. The number of nitrogens with one attached hydrogen (secondary N) is 1. The minimum Gasteiger partial charge on any atom is -0.496 e. The number of benzene rings is 1. The molecule has 0 radical (unpaired) electrons. The van der Waals surface area contributed by atoms with Gasteiger partial charge in [0.1, 0.15) is 5.75 Å². The Balaban J connectivity index is 3.25. The highest BCUT2D eigenvalue weighted by Gasteiger charge is 2.27. The molecular formula is C16H24N2O. The van der Waals surface area contributed by atoms with Crippen LogP contribution < -0.4 is 10.1 Å². The molecule has 19 heavy (non-hydrogen) atoms. The van der Waals surface area contributed by atoms with Crippen LogP contribution in [-0.2, 0) is 5.41 Å². The van der Waals surface area contributed by atoms with Gasteiger partial charge >= 0.3 is 0 Å². The maximum Gasteiger partial charge on any atom is 0.126 e. The molecule has 0 aromatic heterocycles. The molecule has 0 spiro atoms. The van der Waals surface area contributed by atoms with E-state index < -0.39 is 0 Å². The summed E-state index contributed by atoms with van der Waals surface area (Å²) in [5.74, 6) is 0.973. The lowest BCUT2D eigenvalue weighted by atomic mass is 9.79. The standard InChI is InChI=1S/C16H24N2O/c1-11-9-12(2)14(15(19-6)13(11)3)16(4,5)10-18-8-7-17/h9,18H,8,10H2,1-6H3. The summed E-state index contributed by atoms with van der Waals surface area (Å²) in [6.07, 6.45) is 0. The smallest absolute Gasteiger partial charge is 0.126 e. The van der Waals surface area contributed by atoms with Crippen LogP contribution in [0.25, 0.3) is 0 Å². The van der Waals surface area contributed by atoms with Crippen molar-refractivity contribution in [2.45, 2.75) is 40.0 Å². The molecule has 3 nitrogen and oxygen atoms in total. The van der Waals surface area contributed by atoms with Gasteiger partial charge in [-0.05, 0) is 37.5 Å². The molecule has 0 amide bonds. The predicted octanol–water partition coefficient (Wildman–Crippen LogP) is 3.01. The Bertz CT molecular complexity index is 498. The molecule has 0 heterocycles. The van der Waals surface area contributed by atoms with Gasteiger partial charge in [0.05, 0.1) is 19.7 Å². The Kier molecular flexibility index (Phi) is 4.97. The fourth-order valence-electron chi connectivity index (χ4n) is 2.67. The zero-order valence-electron chi connectivity index (χ0n) is 12.8. The van der Waals surface area contributed by atoms with E-state index in [4.69, 9.17) is 10.00 Å². The van der Waals surface area contributed by atoms with Crippen LogP contribution in [0.5, 0.6) is 5.75 Å². The van der Waals surface area contributed by atoms with Gasteiger partial charge in [0.2, 0.25) is 0 Å². The summed E-state index contributed by atoms with van der Waals surface area (Å²) in [4.78, 5) is 0. The number of methoxy groups -OCH3 is 1. The van der Waals surface area contributed by atoms with Gasteiger partial charge in [-0.15, -0.1) is 0 Å². The van der Waals surface area contributed by atoms with Gasteiger partial charge in [-0.2, -0.15) is 5.26 Å². The Hall–Kier alpha value is -1.53. The third-order valence-electron chi connectivity index (χ3n) is 3.64. The molecule has 3 heteroatoms. The van der Waals surface area contributed by atoms with Crippen LogP contribution in [0.15, 0.2) is 6.07 Å². The second-order valence-electron chi connectivity index (χ2n) is 5.69. The summed E-state index contributed by atoms with van der Waals surface area (Å²) < 4.78 is 5.64. The number of rotatable bonds is 5. The average molecular weight is 260 g/mol. The van der Waals surface area contributed by atoms with Crippen molar-refractivity contribution in [2.24, 2.45) is 0 Å². The van der Waals surface area contributed by atoms with E-state index in [1.807, 2.05) is 0 Å². The van der Waals surface area contributed by atoms with E-state index in [1.54, 1.807) is 7.11 Å². The predicted molar refractivity (Wildman–Crippen MR) is 78.7 cm³/mol. The summed E-state index contributed by atoms with van der Waals surface area (Å²) >= 11 is 0. The van der Waals surface area contributed by atoms with Gasteiger partial charge in [0.15, 0.2) is 0 Å². The first kappa shape index (κ1) is 15.5. The normalized spacial score (nSPS) is 11.2. The van der Waals surface area contributed by atoms with Crippen molar-refractivity contribution in [3.8, 4) is 11.8 Å². The van der Waals surface area contributed by atoms with Gasteiger partial charge in [-0.3, -0.25) is 0 Å². The number of ether oxygens (including phenoxy) is 1. The number of hydrogen-bond acceptors (Lipinski definition) is 3. The Morgan fingerprint density at radius 1 is 1.26 bits per heavy atom. The number of hydrogen-bond donors (Lipinski definition) is 1. The topological polar surface area (TPSA) is 45.0 Å². The largest absolute Gasteiger partial charge is 0.496 e. The Labute approximate surface area is 116 Å². The van der Waals surface area contributed by atoms with Crippen molar-refractivity contribution >= 4 is 0 Å². The van der Waals surface area contributed by atoms with Gasteiger partial charge in [0.25, 0.3) is 0 Å². The quantitative estimate of drug-likeness (QED) is 0.654. The third-order valence-corrected chi connectivity index (χ3v) is 3.64. The Morgan fingerprint density at radius 3 is 2.42 bits per heavy atom. The van der Waals surface area contributed by atoms with E-state index in [-0.39, 0.29) is 5.41 Å². The summed E-state index contributed by atoms with van der Waals surface area (Å²) in [5.41, 5.74) is 4.83. The second-order valence-corrected chi connectivity index (χ2v) is 5.69. The molecule has 104 valence electrons. The van der Waals surface area contributed by atoms with Crippen LogP contribution in [0.4, 0.5) is 0 Å². The van der Waals surface area contributed by atoms with Crippen molar-refractivity contribution in [1.29, 1.82) is 5.26 Å². The van der Waals surface area contributed by atoms with Crippen molar-refractivity contribution in [2.75, 3.05) is 20.2 Å². The van der Waals surface area contributed by atoms with Crippen LogP contribution in [0.1, 0.15) is 36.1 Å². The molecule has 1 N–H and O–H groups in total. The number of nitriles is 1. The lowest BCUT2D eigenvalue weighted by molar-refractivity contribution is 0.383. The maximum atomic E-state index is 8.63. The second kappa shape index (κ2) is 6.08. The first-order chi connectivity index (χ1) is 8.85. The number of nitrogens with zero attached hydrogens (tertiary/aromatic N) is 1. The minimum absolute atomic E-state index is 0.0786. The molecule has 0 bridgehead atoms. The molecule has 0 atom stereocenters. The lowest BCUT2D eigenvalue weighted by Gasteiger charge is -2.30. The van der Waals surface area contributed by atoms with E-state index in [0.717, 1.165) is 12.3 Å². The monoisotopic (exact) mass is 260 g/mol. The van der Waals surface area contributed by atoms with E-state index in [2.05, 4.69) is 52.1 Å². The van der Waals surface area contributed by atoms with Gasteiger partial charge in [-0.1, -0.05) is 19.9 Å². The summed E-state index contributed by atoms with van der Waals surface area (Å²) in [7, 11) is 1.73. The fraction of sp³-hybridized carbons (Fsp3) is 0.562. The molecule has 0 aliphatic heterocycles. The van der Waals surface area contributed by atoms with Crippen LogP contribution in [0.3, 0.4) is 0 Å². The molecule has 0 aliphatic rings. The van der Waals surface area contributed by atoms with Crippen LogP contribution in [0.2, 0.25) is 0 Å². The van der Waals surface area contributed by atoms with Crippen molar-refractivity contribution in [1.82, 2.24) is 5.32 Å². The highest BCUT2D eigenvalue weighted by Crippen LogP contribution is 2.37. The van der Waals surface area contributed by atoms with E-state index >= 15 is 0 Å². The Morgan fingerprint density at radius 2 is 1.89 bits per heavy atom. The average Bonchev–Trinajstić information content (AvgIpc) is 2.33. The van der Waals surface area contributed by atoms with Gasteiger partial charge < -0.3 is 10.1 Å². The van der Waals surface area contributed by atoms with Crippen molar-refractivity contribution < 1.29 is 4.74 Å². The lowest BCUT2D eigenvalue weighted by Crippen LogP contribution is -2.34. The zero-order valence-corrected chi connectivity index (χ0v) is 12.8. The molecule has 0 saturated carbocycles.